The van der Waals surface area contributed by atoms with Gasteiger partial charge in [-0.05, 0) is 56.2 Å². The number of amides is 1. The lowest BCUT2D eigenvalue weighted by molar-refractivity contribution is 0.102. The van der Waals surface area contributed by atoms with E-state index in [4.69, 9.17) is 0 Å². The SMILES string of the molecule is C[C@H](Nc1cnc2[nH]ccc2n1)c1cc(NC(=O)c2ccc(C3CC3)nc2)ccc1F. The van der Waals surface area contributed by atoms with Gasteiger partial charge >= 0.3 is 0 Å². The Kier molecular flexibility index (Phi) is 4.82. The van der Waals surface area contributed by atoms with E-state index in [1.807, 2.05) is 19.1 Å². The zero-order valence-electron chi connectivity index (χ0n) is 16.9. The quantitative estimate of drug-likeness (QED) is 0.420. The van der Waals surface area contributed by atoms with Crippen LogP contribution in [0.5, 0.6) is 0 Å². The Bertz CT molecular complexity index is 1250. The number of carbonyl (C=O) groups is 1. The standard InChI is InChI=1S/C23H21FN6O/c1-13(28-21-12-27-22-20(30-21)8-9-25-22)17-10-16(5-6-18(17)24)29-23(31)15-4-7-19(26-11-15)14-2-3-14/h4-14H,2-3H2,1H3,(H,25,27)(H,28,30)(H,29,31)/t13-/m0/s1. The van der Waals surface area contributed by atoms with Gasteiger partial charge in [0.25, 0.3) is 5.91 Å². The molecule has 0 radical (unpaired) electrons. The van der Waals surface area contributed by atoms with E-state index in [0.29, 0.717) is 34.2 Å². The first-order chi connectivity index (χ1) is 15.1. The highest BCUT2D eigenvalue weighted by molar-refractivity contribution is 6.04. The number of hydrogen-bond acceptors (Lipinski definition) is 5. The summed E-state index contributed by atoms with van der Waals surface area (Å²) < 4.78 is 14.5. The van der Waals surface area contributed by atoms with Crippen molar-refractivity contribution in [2.45, 2.75) is 31.7 Å². The molecule has 0 bridgehead atoms. The van der Waals surface area contributed by atoms with Gasteiger partial charge < -0.3 is 15.6 Å². The van der Waals surface area contributed by atoms with Gasteiger partial charge in [-0.15, -0.1) is 0 Å². The molecule has 0 aliphatic heterocycles. The van der Waals surface area contributed by atoms with Crippen LogP contribution in [0.15, 0.2) is 55.0 Å². The van der Waals surface area contributed by atoms with E-state index in [2.05, 4.69) is 30.6 Å². The number of fused-ring (bicyclic) bond motifs is 1. The maximum absolute atomic E-state index is 14.5. The molecule has 1 aliphatic rings. The second-order valence-corrected chi connectivity index (χ2v) is 7.77. The van der Waals surface area contributed by atoms with Crippen LogP contribution in [-0.2, 0) is 0 Å². The molecule has 156 valence electrons. The van der Waals surface area contributed by atoms with Crippen molar-refractivity contribution in [2.75, 3.05) is 10.6 Å². The topological polar surface area (TPSA) is 95.6 Å². The van der Waals surface area contributed by atoms with Crippen molar-refractivity contribution in [1.29, 1.82) is 0 Å². The first-order valence-electron chi connectivity index (χ1n) is 10.2. The minimum atomic E-state index is -0.387. The molecular weight excluding hydrogens is 395 g/mol. The van der Waals surface area contributed by atoms with Gasteiger partial charge in [0.2, 0.25) is 0 Å². The van der Waals surface area contributed by atoms with E-state index >= 15 is 0 Å². The van der Waals surface area contributed by atoms with Gasteiger partial charge in [-0.2, -0.15) is 0 Å². The summed E-state index contributed by atoms with van der Waals surface area (Å²) in [5, 5.41) is 5.99. The van der Waals surface area contributed by atoms with Crippen LogP contribution in [0.4, 0.5) is 15.9 Å². The van der Waals surface area contributed by atoms with Crippen LogP contribution in [0.2, 0.25) is 0 Å². The second-order valence-electron chi connectivity index (χ2n) is 7.77. The number of aromatic amines is 1. The first-order valence-corrected chi connectivity index (χ1v) is 10.2. The lowest BCUT2D eigenvalue weighted by Gasteiger charge is -2.17. The molecule has 0 spiro atoms. The molecule has 1 aromatic carbocycles. The Morgan fingerprint density at radius 2 is 2.03 bits per heavy atom. The van der Waals surface area contributed by atoms with Gasteiger partial charge in [0, 0.05) is 35.3 Å². The Hall–Kier alpha value is -3.81. The van der Waals surface area contributed by atoms with Crippen molar-refractivity contribution in [1.82, 2.24) is 19.9 Å². The molecule has 4 aromatic rings. The Balaban J connectivity index is 1.31. The molecule has 0 unspecified atom stereocenters. The lowest BCUT2D eigenvalue weighted by atomic mass is 10.1. The summed E-state index contributed by atoms with van der Waals surface area (Å²) in [7, 11) is 0. The number of H-pyrrole nitrogens is 1. The maximum Gasteiger partial charge on any atom is 0.257 e. The molecule has 3 N–H and O–H groups in total. The van der Waals surface area contributed by atoms with Crippen LogP contribution < -0.4 is 10.6 Å². The van der Waals surface area contributed by atoms with E-state index in [1.54, 1.807) is 36.8 Å². The number of carbonyl (C=O) groups excluding carboxylic acids is 1. The fourth-order valence-corrected chi connectivity index (χ4v) is 3.52. The number of pyridine rings is 1. The van der Waals surface area contributed by atoms with Crippen molar-refractivity contribution >= 4 is 28.6 Å². The van der Waals surface area contributed by atoms with Crippen LogP contribution >= 0.6 is 0 Å². The number of anilines is 2. The van der Waals surface area contributed by atoms with Gasteiger partial charge in [-0.25, -0.2) is 14.4 Å². The Morgan fingerprint density at radius 1 is 1.16 bits per heavy atom. The zero-order valence-corrected chi connectivity index (χ0v) is 16.9. The van der Waals surface area contributed by atoms with Gasteiger partial charge in [0.1, 0.15) is 17.2 Å². The average Bonchev–Trinajstić information content (AvgIpc) is 3.52. The third-order valence-electron chi connectivity index (χ3n) is 5.39. The highest BCUT2D eigenvalue weighted by Crippen LogP contribution is 2.38. The number of aromatic nitrogens is 4. The van der Waals surface area contributed by atoms with Gasteiger partial charge in [0.05, 0.1) is 17.8 Å². The summed E-state index contributed by atoms with van der Waals surface area (Å²) in [6.07, 6.45) is 7.27. The van der Waals surface area contributed by atoms with E-state index in [0.717, 1.165) is 24.1 Å². The largest absolute Gasteiger partial charge is 0.362 e. The number of nitrogens with zero attached hydrogens (tertiary/aromatic N) is 3. The summed E-state index contributed by atoms with van der Waals surface area (Å²) in [6.45, 7) is 1.83. The van der Waals surface area contributed by atoms with Crippen LogP contribution in [0.25, 0.3) is 11.2 Å². The number of rotatable bonds is 6. The summed E-state index contributed by atoms with van der Waals surface area (Å²) in [4.78, 5) is 28.7. The first kappa shape index (κ1) is 19.2. The molecule has 0 saturated heterocycles. The van der Waals surface area contributed by atoms with Crippen molar-refractivity contribution in [3.05, 3.63) is 77.6 Å². The van der Waals surface area contributed by atoms with Gasteiger partial charge in [-0.3, -0.25) is 9.78 Å². The van der Waals surface area contributed by atoms with Crippen LogP contribution in [0.3, 0.4) is 0 Å². The highest BCUT2D eigenvalue weighted by atomic mass is 19.1. The molecule has 3 heterocycles. The van der Waals surface area contributed by atoms with Gasteiger partial charge in [0.15, 0.2) is 5.65 Å². The summed E-state index contributed by atoms with van der Waals surface area (Å²) in [5.41, 5.74) is 3.83. The number of hydrogen-bond donors (Lipinski definition) is 3. The van der Waals surface area contributed by atoms with Crippen molar-refractivity contribution in [3.8, 4) is 0 Å². The third kappa shape index (κ3) is 4.09. The van der Waals surface area contributed by atoms with Crippen LogP contribution in [-0.4, -0.2) is 25.8 Å². The van der Waals surface area contributed by atoms with E-state index < -0.39 is 0 Å². The Labute approximate surface area is 178 Å². The molecule has 1 atom stereocenters. The molecular formula is C23H21FN6O. The minimum Gasteiger partial charge on any atom is -0.362 e. The number of halogens is 1. The third-order valence-corrected chi connectivity index (χ3v) is 5.39. The average molecular weight is 416 g/mol. The normalized spacial score (nSPS) is 14.4. The predicted octanol–water partition coefficient (Wildman–Crippen LogP) is 4.79. The molecule has 1 amide bonds. The van der Waals surface area contributed by atoms with E-state index in [1.165, 1.54) is 6.07 Å². The molecule has 5 rings (SSSR count). The molecule has 1 fully saturated rings. The number of benzene rings is 1. The van der Waals surface area contributed by atoms with E-state index in [-0.39, 0.29) is 17.8 Å². The minimum absolute atomic E-state index is 0.281. The summed E-state index contributed by atoms with van der Waals surface area (Å²) in [6, 6.07) is 9.62. The fraction of sp³-hybridized carbons (Fsp3) is 0.217. The molecule has 8 heteroatoms. The van der Waals surface area contributed by atoms with Crippen molar-refractivity contribution < 1.29 is 9.18 Å². The molecule has 1 aliphatic carbocycles. The predicted molar refractivity (Wildman–Crippen MR) is 116 cm³/mol. The fourth-order valence-electron chi connectivity index (χ4n) is 3.52. The van der Waals surface area contributed by atoms with Gasteiger partial charge in [-0.1, -0.05) is 0 Å². The maximum atomic E-state index is 14.5. The molecule has 1 saturated carbocycles. The summed E-state index contributed by atoms with van der Waals surface area (Å²) in [5.74, 6) is 0.421. The highest BCUT2D eigenvalue weighted by Gasteiger charge is 2.25. The van der Waals surface area contributed by atoms with Crippen LogP contribution in [0, 0.1) is 5.82 Å². The second kappa shape index (κ2) is 7.79. The molecule has 7 nitrogen and oxygen atoms in total. The monoisotopic (exact) mass is 416 g/mol. The lowest BCUT2D eigenvalue weighted by Crippen LogP contribution is -2.14. The summed E-state index contributed by atoms with van der Waals surface area (Å²) >= 11 is 0. The van der Waals surface area contributed by atoms with Crippen molar-refractivity contribution in [2.24, 2.45) is 0 Å². The molecule has 3 aromatic heterocycles. The van der Waals surface area contributed by atoms with E-state index in [9.17, 15) is 9.18 Å². The van der Waals surface area contributed by atoms with Crippen LogP contribution in [0.1, 0.15) is 53.3 Å². The zero-order chi connectivity index (χ0) is 21.4. The molecule has 31 heavy (non-hydrogen) atoms. The van der Waals surface area contributed by atoms with Crippen molar-refractivity contribution in [3.63, 3.8) is 0 Å². The smallest absolute Gasteiger partial charge is 0.257 e. The Morgan fingerprint density at radius 3 is 2.81 bits per heavy atom. The number of nitrogens with one attached hydrogen (secondary N) is 3.